The van der Waals surface area contributed by atoms with Gasteiger partial charge in [-0.1, -0.05) is 34.8 Å². The van der Waals surface area contributed by atoms with Gasteiger partial charge in [-0.2, -0.15) is 0 Å². The van der Waals surface area contributed by atoms with E-state index in [1.165, 1.54) is 36.0 Å². The van der Waals surface area contributed by atoms with Crippen molar-refractivity contribution < 1.29 is 9.18 Å². The second-order valence-corrected chi connectivity index (χ2v) is 6.55. The molecule has 1 N–H and O–H groups in total. The number of rotatable bonds is 5. The molecule has 0 aliphatic heterocycles. The maximum absolute atomic E-state index is 12.8. The van der Waals surface area contributed by atoms with Crippen LogP contribution < -0.4 is 5.32 Å². The smallest absolute Gasteiger partial charge is 0.234 e. The first-order valence-corrected chi connectivity index (χ1v) is 8.52. The van der Waals surface area contributed by atoms with Gasteiger partial charge in [0.25, 0.3) is 0 Å². The highest BCUT2D eigenvalue weighted by molar-refractivity contribution is 7.99. The molecule has 2 aromatic rings. The number of carbonyl (C=O) groups excluding carboxylic acids is 1. The van der Waals surface area contributed by atoms with Crippen molar-refractivity contribution in [1.82, 2.24) is 0 Å². The van der Waals surface area contributed by atoms with E-state index in [2.05, 4.69) is 5.32 Å². The Balaban J connectivity index is 1.87. The Hall–Kier alpha value is -0.940. The topological polar surface area (TPSA) is 29.1 Å². The SMILES string of the molecule is O=C(CSCc1c(Cl)ccc(Cl)c1Cl)Nc1ccc(F)cc1. The molecular formula is C15H11Cl3FNOS. The molecule has 0 bridgehead atoms. The molecule has 1 amide bonds. The van der Waals surface area contributed by atoms with Gasteiger partial charge in [0, 0.05) is 22.0 Å². The van der Waals surface area contributed by atoms with Crippen LogP contribution in [0, 0.1) is 5.82 Å². The monoisotopic (exact) mass is 377 g/mol. The lowest BCUT2D eigenvalue weighted by molar-refractivity contribution is -0.113. The molecule has 0 spiro atoms. The van der Waals surface area contributed by atoms with Gasteiger partial charge in [-0.05, 0) is 36.4 Å². The van der Waals surface area contributed by atoms with Gasteiger partial charge in [-0.3, -0.25) is 4.79 Å². The molecule has 0 aliphatic rings. The van der Waals surface area contributed by atoms with Crippen LogP contribution in [-0.2, 0) is 10.5 Å². The van der Waals surface area contributed by atoms with E-state index in [9.17, 15) is 9.18 Å². The van der Waals surface area contributed by atoms with Crippen LogP contribution in [0.15, 0.2) is 36.4 Å². The average Bonchev–Trinajstić information content (AvgIpc) is 2.49. The summed E-state index contributed by atoms with van der Waals surface area (Å²) in [6.45, 7) is 0. The summed E-state index contributed by atoms with van der Waals surface area (Å²) in [5.41, 5.74) is 1.25. The number of hydrogen-bond donors (Lipinski definition) is 1. The first-order chi connectivity index (χ1) is 10.5. The van der Waals surface area contributed by atoms with E-state index in [1.54, 1.807) is 12.1 Å². The lowest BCUT2D eigenvalue weighted by Gasteiger charge is -2.09. The van der Waals surface area contributed by atoms with Crippen LogP contribution in [0.25, 0.3) is 0 Å². The lowest BCUT2D eigenvalue weighted by Crippen LogP contribution is -2.14. The molecular weight excluding hydrogens is 368 g/mol. The standard InChI is InChI=1S/C15H11Cl3FNOS/c16-12-5-6-13(17)15(18)11(12)7-22-8-14(21)20-10-3-1-9(19)2-4-10/h1-6H,7-8H2,(H,20,21). The molecule has 0 atom stereocenters. The van der Waals surface area contributed by atoms with E-state index < -0.39 is 0 Å². The Bertz CT molecular complexity index is 679. The van der Waals surface area contributed by atoms with Gasteiger partial charge >= 0.3 is 0 Å². The van der Waals surface area contributed by atoms with E-state index in [1.807, 2.05) is 0 Å². The zero-order valence-corrected chi connectivity index (χ0v) is 14.3. The van der Waals surface area contributed by atoms with Crippen LogP contribution in [0.1, 0.15) is 5.56 Å². The number of hydrogen-bond acceptors (Lipinski definition) is 2. The number of nitrogens with one attached hydrogen (secondary N) is 1. The fourth-order valence-corrected chi connectivity index (χ4v) is 3.38. The third-order valence-electron chi connectivity index (χ3n) is 2.75. The Morgan fingerprint density at radius 1 is 1.05 bits per heavy atom. The number of amides is 1. The maximum Gasteiger partial charge on any atom is 0.234 e. The normalized spacial score (nSPS) is 10.5. The number of halogens is 4. The van der Waals surface area contributed by atoms with Crippen molar-refractivity contribution in [3.8, 4) is 0 Å². The Labute approximate surface area is 146 Å². The van der Waals surface area contributed by atoms with Crippen molar-refractivity contribution in [2.75, 3.05) is 11.1 Å². The summed E-state index contributed by atoms with van der Waals surface area (Å²) in [6, 6.07) is 8.87. The van der Waals surface area contributed by atoms with Crippen LogP contribution in [0.5, 0.6) is 0 Å². The molecule has 0 heterocycles. The van der Waals surface area contributed by atoms with Gasteiger partial charge in [-0.15, -0.1) is 11.8 Å². The third-order valence-corrected chi connectivity index (χ3v) is 4.90. The maximum atomic E-state index is 12.8. The van der Waals surface area contributed by atoms with Crippen molar-refractivity contribution in [3.63, 3.8) is 0 Å². The van der Waals surface area contributed by atoms with E-state index >= 15 is 0 Å². The van der Waals surface area contributed by atoms with Gasteiger partial charge in [0.2, 0.25) is 5.91 Å². The summed E-state index contributed by atoms with van der Waals surface area (Å²) in [5.74, 6) is 0.148. The zero-order chi connectivity index (χ0) is 16.1. The molecule has 2 aromatic carbocycles. The van der Waals surface area contributed by atoms with E-state index in [0.717, 1.165) is 0 Å². The minimum absolute atomic E-state index is 0.189. The number of benzene rings is 2. The summed E-state index contributed by atoms with van der Waals surface area (Å²) >= 11 is 19.5. The largest absolute Gasteiger partial charge is 0.325 e. The van der Waals surface area contributed by atoms with Gasteiger partial charge in [0.05, 0.1) is 15.8 Å². The summed E-state index contributed by atoms with van der Waals surface area (Å²) in [7, 11) is 0. The fraction of sp³-hybridized carbons (Fsp3) is 0.133. The van der Waals surface area contributed by atoms with Crippen molar-refractivity contribution in [2.45, 2.75) is 5.75 Å². The Morgan fingerprint density at radius 3 is 2.36 bits per heavy atom. The second-order valence-electron chi connectivity index (χ2n) is 4.37. The quantitative estimate of drug-likeness (QED) is 0.680. The highest BCUT2D eigenvalue weighted by atomic mass is 35.5. The number of thioether (sulfide) groups is 1. The minimum atomic E-state index is -0.349. The van der Waals surface area contributed by atoms with E-state index in [0.29, 0.717) is 32.1 Å². The number of anilines is 1. The van der Waals surface area contributed by atoms with Crippen molar-refractivity contribution >= 4 is 58.2 Å². The molecule has 0 radical (unpaired) electrons. The Kier molecular flexibility index (Phi) is 6.38. The van der Waals surface area contributed by atoms with Crippen molar-refractivity contribution in [1.29, 1.82) is 0 Å². The highest BCUT2D eigenvalue weighted by Gasteiger charge is 2.11. The summed E-state index contributed by atoms with van der Waals surface area (Å²) < 4.78 is 12.8. The summed E-state index contributed by atoms with van der Waals surface area (Å²) in [6.07, 6.45) is 0. The first kappa shape index (κ1) is 17.4. The van der Waals surface area contributed by atoms with Gasteiger partial charge in [0.15, 0.2) is 0 Å². The van der Waals surface area contributed by atoms with Crippen molar-refractivity contribution in [3.05, 3.63) is 62.8 Å². The molecule has 2 rings (SSSR count). The average molecular weight is 379 g/mol. The molecule has 0 fully saturated rings. The van der Waals surface area contributed by atoms with Crippen molar-refractivity contribution in [2.24, 2.45) is 0 Å². The molecule has 0 aliphatic carbocycles. The predicted octanol–water partition coefficient (Wildman–Crippen LogP) is 5.66. The van der Waals surface area contributed by atoms with Gasteiger partial charge < -0.3 is 5.32 Å². The zero-order valence-electron chi connectivity index (χ0n) is 11.2. The van der Waals surface area contributed by atoms with Gasteiger partial charge in [-0.25, -0.2) is 4.39 Å². The molecule has 0 saturated heterocycles. The van der Waals surface area contributed by atoms with Crippen LogP contribution in [0.4, 0.5) is 10.1 Å². The molecule has 2 nitrogen and oxygen atoms in total. The summed E-state index contributed by atoms with van der Waals surface area (Å²) in [4.78, 5) is 11.8. The molecule has 116 valence electrons. The molecule has 7 heteroatoms. The molecule has 0 aromatic heterocycles. The molecule has 22 heavy (non-hydrogen) atoms. The minimum Gasteiger partial charge on any atom is -0.325 e. The highest BCUT2D eigenvalue weighted by Crippen LogP contribution is 2.33. The lowest BCUT2D eigenvalue weighted by atomic mass is 10.2. The van der Waals surface area contributed by atoms with E-state index in [4.69, 9.17) is 34.8 Å². The van der Waals surface area contributed by atoms with Crippen LogP contribution >= 0.6 is 46.6 Å². The summed E-state index contributed by atoms with van der Waals surface area (Å²) in [5, 5.41) is 4.02. The molecule has 0 saturated carbocycles. The predicted molar refractivity (Wildman–Crippen MR) is 92.7 cm³/mol. The second kappa shape index (κ2) is 8.06. The number of carbonyl (C=O) groups is 1. The Morgan fingerprint density at radius 2 is 1.68 bits per heavy atom. The third kappa shape index (κ3) is 4.78. The first-order valence-electron chi connectivity index (χ1n) is 6.23. The van der Waals surface area contributed by atoms with Crippen LogP contribution in [0.3, 0.4) is 0 Å². The van der Waals surface area contributed by atoms with E-state index in [-0.39, 0.29) is 17.5 Å². The van der Waals surface area contributed by atoms with Crippen LogP contribution in [0.2, 0.25) is 15.1 Å². The van der Waals surface area contributed by atoms with Crippen LogP contribution in [-0.4, -0.2) is 11.7 Å². The van der Waals surface area contributed by atoms with Gasteiger partial charge in [0.1, 0.15) is 5.82 Å². The molecule has 0 unspecified atom stereocenters. The fourth-order valence-electron chi connectivity index (χ4n) is 1.68.